The maximum atomic E-state index is 12.6. The molecule has 0 aliphatic carbocycles. The zero-order valence-corrected chi connectivity index (χ0v) is 13.2. The van der Waals surface area contributed by atoms with Gasteiger partial charge in [0.15, 0.2) is 0 Å². The SMILES string of the molecule is O=C(c1ccccc1OC(F)(F)F)N1CCC(N2CCNCC2)C1. The summed E-state index contributed by atoms with van der Waals surface area (Å²) in [4.78, 5) is 16.6. The molecule has 1 N–H and O–H groups in total. The van der Waals surface area contributed by atoms with Gasteiger partial charge in [-0.2, -0.15) is 0 Å². The fourth-order valence-corrected chi connectivity index (χ4v) is 3.30. The molecule has 2 aliphatic rings. The molecular formula is C16H20F3N3O2. The Morgan fingerprint density at radius 2 is 1.88 bits per heavy atom. The second-order valence-electron chi connectivity index (χ2n) is 6.02. The molecule has 1 aromatic carbocycles. The zero-order chi connectivity index (χ0) is 17.2. The number of amides is 1. The molecule has 8 heteroatoms. The van der Waals surface area contributed by atoms with Crippen LogP contribution in [0.15, 0.2) is 24.3 Å². The fraction of sp³-hybridized carbons (Fsp3) is 0.562. The summed E-state index contributed by atoms with van der Waals surface area (Å²) in [7, 11) is 0. The Kier molecular flexibility index (Phi) is 4.96. The van der Waals surface area contributed by atoms with E-state index in [0.29, 0.717) is 13.1 Å². The molecule has 1 aromatic rings. The van der Waals surface area contributed by atoms with Crippen molar-refractivity contribution < 1.29 is 22.7 Å². The summed E-state index contributed by atoms with van der Waals surface area (Å²) in [5.74, 6) is -0.854. The molecule has 1 atom stereocenters. The van der Waals surface area contributed by atoms with Gasteiger partial charge >= 0.3 is 6.36 Å². The first kappa shape index (κ1) is 17.0. The van der Waals surface area contributed by atoms with E-state index in [0.717, 1.165) is 32.6 Å². The molecule has 1 unspecified atom stereocenters. The van der Waals surface area contributed by atoms with E-state index in [1.807, 2.05) is 0 Å². The number of likely N-dealkylation sites (tertiary alicyclic amines) is 1. The number of nitrogens with zero attached hydrogens (tertiary/aromatic N) is 2. The second-order valence-corrected chi connectivity index (χ2v) is 6.02. The van der Waals surface area contributed by atoms with Gasteiger partial charge in [0.05, 0.1) is 5.56 Å². The minimum atomic E-state index is -4.81. The molecule has 0 spiro atoms. The minimum absolute atomic E-state index is 0.0456. The summed E-state index contributed by atoms with van der Waals surface area (Å²) in [6.45, 7) is 4.80. The normalized spacial score (nSPS) is 22.6. The van der Waals surface area contributed by atoms with E-state index in [1.54, 1.807) is 11.0 Å². The van der Waals surface area contributed by atoms with Gasteiger partial charge in [0.2, 0.25) is 0 Å². The van der Waals surface area contributed by atoms with Crippen molar-refractivity contribution in [1.82, 2.24) is 15.1 Å². The summed E-state index contributed by atoms with van der Waals surface area (Å²) < 4.78 is 41.5. The van der Waals surface area contributed by atoms with Gasteiger partial charge in [-0.1, -0.05) is 12.1 Å². The first-order valence-electron chi connectivity index (χ1n) is 8.03. The monoisotopic (exact) mass is 343 g/mol. The van der Waals surface area contributed by atoms with Gasteiger partial charge in [0.1, 0.15) is 5.75 Å². The summed E-state index contributed by atoms with van der Waals surface area (Å²) in [6, 6.07) is 5.78. The highest BCUT2D eigenvalue weighted by atomic mass is 19.4. The highest BCUT2D eigenvalue weighted by Crippen LogP contribution is 2.28. The van der Waals surface area contributed by atoms with Crippen molar-refractivity contribution in [2.75, 3.05) is 39.3 Å². The number of hydrogen-bond acceptors (Lipinski definition) is 4. The number of hydrogen-bond donors (Lipinski definition) is 1. The topological polar surface area (TPSA) is 44.8 Å². The largest absolute Gasteiger partial charge is 0.573 e. The maximum Gasteiger partial charge on any atom is 0.573 e. The molecule has 24 heavy (non-hydrogen) atoms. The summed E-state index contributed by atoms with van der Waals surface area (Å²) in [5, 5.41) is 3.28. The van der Waals surface area contributed by atoms with Crippen molar-refractivity contribution in [3.05, 3.63) is 29.8 Å². The lowest BCUT2D eigenvalue weighted by molar-refractivity contribution is -0.274. The van der Waals surface area contributed by atoms with Crippen molar-refractivity contribution >= 4 is 5.91 Å². The van der Waals surface area contributed by atoms with Gasteiger partial charge in [-0.15, -0.1) is 13.2 Å². The number of para-hydroxylation sites is 1. The number of benzene rings is 1. The van der Waals surface area contributed by atoms with Gasteiger partial charge in [0, 0.05) is 45.3 Å². The summed E-state index contributed by atoms with van der Waals surface area (Å²) in [5.41, 5.74) is -0.0456. The molecule has 1 amide bonds. The quantitative estimate of drug-likeness (QED) is 0.908. The molecule has 2 heterocycles. The Bertz CT molecular complexity index is 588. The molecule has 0 radical (unpaired) electrons. The zero-order valence-electron chi connectivity index (χ0n) is 13.2. The third-order valence-electron chi connectivity index (χ3n) is 4.46. The van der Waals surface area contributed by atoms with Gasteiger partial charge in [-0.05, 0) is 18.6 Å². The molecule has 132 valence electrons. The summed E-state index contributed by atoms with van der Waals surface area (Å²) in [6.07, 6.45) is -3.97. The Hall–Kier alpha value is -1.80. The van der Waals surface area contributed by atoms with Crippen LogP contribution in [0.3, 0.4) is 0 Å². The van der Waals surface area contributed by atoms with Crippen LogP contribution in [0.2, 0.25) is 0 Å². The summed E-state index contributed by atoms with van der Waals surface area (Å²) >= 11 is 0. The van der Waals surface area contributed by atoms with Crippen LogP contribution in [0.25, 0.3) is 0 Å². The Balaban J connectivity index is 1.69. The van der Waals surface area contributed by atoms with Crippen molar-refractivity contribution in [2.24, 2.45) is 0 Å². The Labute approximate surface area is 138 Å². The number of alkyl halides is 3. The number of piperazine rings is 1. The van der Waals surface area contributed by atoms with Gasteiger partial charge in [-0.25, -0.2) is 0 Å². The van der Waals surface area contributed by atoms with E-state index >= 15 is 0 Å². The lowest BCUT2D eigenvalue weighted by Gasteiger charge is -2.32. The van der Waals surface area contributed by atoms with Crippen LogP contribution < -0.4 is 10.1 Å². The molecule has 2 fully saturated rings. The molecule has 0 aromatic heterocycles. The van der Waals surface area contributed by atoms with E-state index in [-0.39, 0.29) is 11.6 Å². The highest BCUT2D eigenvalue weighted by Gasteiger charge is 2.35. The molecular weight excluding hydrogens is 323 g/mol. The van der Waals surface area contributed by atoms with Crippen LogP contribution in [0.4, 0.5) is 13.2 Å². The van der Waals surface area contributed by atoms with E-state index in [1.165, 1.54) is 18.2 Å². The maximum absolute atomic E-state index is 12.6. The van der Waals surface area contributed by atoms with E-state index in [2.05, 4.69) is 15.0 Å². The van der Waals surface area contributed by atoms with Crippen molar-refractivity contribution in [3.63, 3.8) is 0 Å². The number of halogens is 3. The van der Waals surface area contributed by atoms with E-state index in [4.69, 9.17) is 0 Å². The molecule has 5 nitrogen and oxygen atoms in total. The van der Waals surface area contributed by atoms with Crippen molar-refractivity contribution in [1.29, 1.82) is 0 Å². The van der Waals surface area contributed by atoms with Crippen LogP contribution in [-0.4, -0.2) is 67.4 Å². The smallest absolute Gasteiger partial charge is 0.405 e. The van der Waals surface area contributed by atoms with E-state index < -0.39 is 18.0 Å². The third kappa shape index (κ3) is 3.99. The first-order valence-corrected chi connectivity index (χ1v) is 8.03. The van der Waals surface area contributed by atoms with Crippen LogP contribution in [0.1, 0.15) is 16.8 Å². The third-order valence-corrected chi connectivity index (χ3v) is 4.46. The average Bonchev–Trinajstić information content (AvgIpc) is 3.04. The lowest BCUT2D eigenvalue weighted by atomic mass is 10.1. The molecule has 2 aliphatic heterocycles. The minimum Gasteiger partial charge on any atom is -0.405 e. The molecule has 0 saturated carbocycles. The van der Waals surface area contributed by atoms with Gasteiger partial charge in [-0.3, -0.25) is 9.69 Å². The number of rotatable bonds is 3. The Morgan fingerprint density at radius 3 is 2.58 bits per heavy atom. The van der Waals surface area contributed by atoms with Crippen LogP contribution in [-0.2, 0) is 0 Å². The fourth-order valence-electron chi connectivity index (χ4n) is 3.30. The Morgan fingerprint density at radius 1 is 1.17 bits per heavy atom. The number of carbonyl (C=O) groups excluding carboxylic acids is 1. The molecule has 2 saturated heterocycles. The van der Waals surface area contributed by atoms with Gasteiger partial charge < -0.3 is 15.0 Å². The number of nitrogens with one attached hydrogen (secondary N) is 1. The highest BCUT2D eigenvalue weighted by molar-refractivity contribution is 5.97. The second kappa shape index (κ2) is 6.98. The standard InChI is InChI=1S/C16H20F3N3O2/c17-16(18,19)24-14-4-2-1-3-13(14)15(23)22-8-5-12(11-22)21-9-6-20-7-10-21/h1-4,12,20H,5-11H2. The number of carbonyl (C=O) groups is 1. The van der Waals surface area contributed by atoms with Crippen molar-refractivity contribution in [3.8, 4) is 5.75 Å². The lowest BCUT2D eigenvalue weighted by Crippen LogP contribution is -2.49. The molecule has 0 bridgehead atoms. The predicted molar refractivity (Wildman–Crippen MR) is 81.9 cm³/mol. The molecule has 3 rings (SSSR count). The van der Waals surface area contributed by atoms with Crippen molar-refractivity contribution in [2.45, 2.75) is 18.8 Å². The van der Waals surface area contributed by atoms with Crippen LogP contribution >= 0.6 is 0 Å². The van der Waals surface area contributed by atoms with Gasteiger partial charge in [0.25, 0.3) is 5.91 Å². The van der Waals surface area contributed by atoms with Crippen LogP contribution in [0, 0.1) is 0 Å². The first-order chi connectivity index (χ1) is 11.4. The number of ether oxygens (including phenoxy) is 1. The van der Waals surface area contributed by atoms with Crippen LogP contribution in [0.5, 0.6) is 5.75 Å². The predicted octanol–water partition coefficient (Wildman–Crippen LogP) is 1.70. The van der Waals surface area contributed by atoms with E-state index in [9.17, 15) is 18.0 Å². The average molecular weight is 343 g/mol.